The van der Waals surface area contributed by atoms with Crippen LogP contribution in [0, 0.1) is 17.7 Å². The van der Waals surface area contributed by atoms with Crippen molar-refractivity contribution < 1.29 is 28.2 Å². The highest BCUT2D eigenvalue weighted by atomic mass is 32.2. The van der Waals surface area contributed by atoms with E-state index in [1.54, 1.807) is 9.80 Å². The number of nitroso groups, excluding NO2 is 1. The predicted octanol–water partition coefficient (Wildman–Crippen LogP) is 3.14. The van der Waals surface area contributed by atoms with Crippen molar-refractivity contribution in [2.45, 2.75) is 76.4 Å². The quantitative estimate of drug-likeness (QED) is 0.180. The van der Waals surface area contributed by atoms with Crippen LogP contribution in [0.4, 0.5) is 4.79 Å². The summed E-state index contributed by atoms with van der Waals surface area (Å²) in [5.41, 5.74) is 2.12. The number of carbonyl (C=O) groups is 2. The first-order chi connectivity index (χ1) is 22.8. The minimum atomic E-state index is -4.21. The Bertz CT molecular complexity index is 1630. The summed E-state index contributed by atoms with van der Waals surface area (Å²) in [4.78, 5) is 45.7. The van der Waals surface area contributed by atoms with Gasteiger partial charge in [0, 0.05) is 31.6 Å². The van der Waals surface area contributed by atoms with Crippen molar-refractivity contribution in [3.05, 3.63) is 86.7 Å². The number of carbonyl (C=O) groups excluding carboxylic acids is 2. The van der Waals surface area contributed by atoms with E-state index in [4.69, 9.17) is 0 Å². The Morgan fingerprint density at radius 3 is 2.31 bits per heavy atom. The molecule has 0 spiro atoms. The normalized spacial score (nSPS) is 16.3. The Morgan fingerprint density at radius 1 is 1.04 bits per heavy atom. The van der Waals surface area contributed by atoms with E-state index in [-0.39, 0.29) is 36.4 Å². The van der Waals surface area contributed by atoms with E-state index in [2.05, 4.69) is 15.5 Å². The first kappa shape index (κ1) is 37.1. The summed E-state index contributed by atoms with van der Waals surface area (Å²) in [6.07, 6.45) is -2.28. The molecule has 3 amide bonds. The van der Waals surface area contributed by atoms with Gasteiger partial charge < -0.3 is 25.3 Å². The number of hydrogen-bond acceptors (Lipinski definition) is 10. The van der Waals surface area contributed by atoms with Gasteiger partial charge >= 0.3 is 6.03 Å². The van der Waals surface area contributed by atoms with Gasteiger partial charge in [-0.15, -0.1) is 11.3 Å². The molecule has 0 saturated carbocycles. The first-order valence-corrected chi connectivity index (χ1v) is 18.2. The van der Waals surface area contributed by atoms with Crippen molar-refractivity contribution in [2.75, 3.05) is 26.2 Å². The zero-order chi connectivity index (χ0) is 35.0. The Labute approximate surface area is 285 Å². The molecule has 15 heteroatoms. The number of benzene rings is 2. The van der Waals surface area contributed by atoms with Crippen molar-refractivity contribution in [2.24, 2.45) is 11.1 Å². The van der Waals surface area contributed by atoms with Crippen molar-refractivity contribution in [3.8, 4) is 0 Å². The highest BCUT2D eigenvalue weighted by Crippen LogP contribution is 2.23. The van der Waals surface area contributed by atoms with E-state index >= 15 is 0 Å². The molecule has 1 unspecified atom stereocenters. The van der Waals surface area contributed by atoms with E-state index in [9.17, 15) is 33.1 Å². The van der Waals surface area contributed by atoms with Gasteiger partial charge in [0.2, 0.25) is 15.9 Å². The molecular formula is C33H44N6O7S2. The van der Waals surface area contributed by atoms with Crippen molar-refractivity contribution in [1.82, 2.24) is 24.4 Å². The third-order valence-electron chi connectivity index (χ3n) is 8.14. The molecule has 3 aromatic rings. The molecule has 1 aromatic heterocycles. The van der Waals surface area contributed by atoms with Crippen molar-refractivity contribution in [3.63, 3.8) is 0 Å². The molecule has 3 N–H and O–H groups in total. The molecule has 0 radical (unpaired) electrons. The minimum Gasteiger partial charge on any atom is -0.392 e. The number of urea groups is 1. The minimum absolute atomic E-state index is 0.0848. The van der Waals surface area contributed by atoms with Gasteiger partial charge in [-0.3, -0.25) is 4.79 Å². The Hall–Kier alpha value is -3.76. The number of rotatable bonds is 17. The molecule has 2 aromatic carbocycles. The van der Waals surface area contributed by atoms with Crippen molar-refractivity contribution in [1.29, 1.82) is 0 Å². The molecular weight excluding hydrogens is 657 g/mol. The summed E-state index contributed by atoms with van der Waals surface area (Å²) in [6.45, 7) is 7.29. The zero-order valence-electron chi connectivity index (χ0n) is 27.6. The third kappa shape index (κ3) is 9.44. The summed E-state index contributed by atoms with van der Waals surface area (Å²) < 4.78 is 28.4. The fraction of sp³-hybridized carbons (Fsp3) is 0.485. The van der Waals surface area contributed by atoms with Gasteiger partial charge in [0.25, 0.3) is 0 Å². The van der Waals surface area contributed by atoms with Gasteiger partial charge in [-0.25, -0.2) is 18.2 Å². The van der Waals surface area contributed by atoms with E-state index in [0.717, 1.165) is 20.6 Å². The lowest BCUT2D eigenvalue weighted by Crippen LogP contribution is -2.57. The highest BCUT2D eigenvalue weighted by Gasteiger charge is 2.40. The van der Waals surface area contributed by atoms with Crippen LogP contribution in [-0.2, 0) is 34.3 Å². The predicted molar refractivity (Wildman–Crippen MR) is 182 cm³/mol. The van der Waals surface area contributed by atoms with E-state index in [1.807, 2.05) is 56.5 Å². The summed E-state index contributed by atoms with van der Waals surface area (Å²) in [7, 11) is -4.21. The second kappa shape index (κ2) is 16.6. The summed E-state index contributed by atoms with van der Waals surface area (Å²) in [6, 6.07) is 12.8. The maximum atomic E-state index is 14.0. The SMILES string of the molecule is Cc1nc(CN2CCN([C@H](C(=O)N[C@@H](Cc3ccccc3)[C@H](O)CN(CC(C)O)S(=O)(=O)c3ccc(CN=O)cc3)C(C)C)C2=O)cs1. The molecule has 1 aliphatic rings. The molecule has 4 atom stereocenters. The number of hydrogen-bond donors (Lipinski definition) is 3. The monoisotopic (exact) mass is 700 g/mol. The number of nitrogens with zero attached hydrogens (tertiary/aromatic N) is 5. The second-order valence-corrected chi connectivity index (χ2v) is 15.4. The highest BCUT2D eigenvalue weighted by molar-refractivity contribution is 7.89. The number of aliphatic hydroxyl groups is 2. The fourth-order valence-corrected chi connectivity index (χ4v) is 7.94. The number of sulfonamides is 1. The fourth-order valence-electron chi connectivity index (χ4n) is 5.80. The first-order valence-electron chi connectivity index (χ1n) is 15.8. The van der Waals surface area contributed by atoms with Crippen molar-refractivity contribution >= 4 is 33.3 Å². The molecule has 4 rings (SSSR count). The number of nitrogens with one attached hydrogen (secondary N) is 1. The summed E-state index contributed by atoms with van der Waals surface area (Å²) >= 11 is 1.51. The van der Waals surface area contributed by atoms with E-state index in [1.165, 1.54) is 42.5 Å². The molecule has 0 aliphatic carbocycles. The number of aromatic nitrogens is 1. The molecule has 2 heterocycles. The molecule has 260 valence electrons. The van der Waals surface area contributed by atoms with Crippen LogP contribution in [-0.4, -0.2) is 100 Å². The molecule has 0 bridgehead atoms. The zero-order valence-corrected chi connectivity index (χ0v) is 29.2. The smallest absolute Gasteiger partial charge is 0.321 e. The Morgan fingerprint density at radius 2 is 1.73 bits per heavy atom. The van der Waals surface area contributed by atoms with Gasteiger partial charge in [-0.05, 0) is 49.4 Å². The molecule has 13 nitrogen and oxygen atoms in total. The number of thiazole rings is 1. The molecule has 1 saturated heterocycles. The topological polar surface area (TPSA) is 173 Å². The largest absolute Gasteiger partial charge is 0.392 e. The summed E-state index contributed by atoms with van der Waals surface area (Å²) in [5, 5.41) is 30.4. The molecule has 1 fully saturated rings. The van der Waals surface area contributed by atoms with Crippen LogP contribution in [0.2, 0.25) is 0 Å². The lowest BCUT2D eigenvalue weighted by atomic mass is 9.98. The average Bonchev–Trinajstić information content (AvgIpc) is 3.61. The van der Waals surface area contributed by atoms with Gasteiger partial charge in [0.05, 0.1) is 40.4 Å². The van der Waals surface area contributed by atoms with E-state index in [0.29, 0.717) is 25.2 Å². The van der Waals surface area contributed by atoms with Gasteiger partial charge in [0.15, 0.2) is 0 Å². The number of aliphatic hydroxyl groups excluding tert-OH is 2. The van der Waals surface area contributed by atoms with E-state index < -0.39 is 46.8 Å². The standard InChI is InChI=1S/C33H44N6O7S2/c1-22(2)31(39-15-14-37(33(39)43)19-27-21-47-24(4)35-27)32(42)36-29(16-25-8-6-5-7-9-25)30(41)20-38(18-23(3)40)48(45,46)28-12-10-26(11-13-28)17-34-44/h5-13,21-23,29-31,40-41H,14-20H2,1-4H3,(H,36,42)/t23?,29-,30+,31-/m0/s1. The van der Waals surface area contributed by atoms with Crippen LogP contribution in [0.1, 0.15) is 42.6 Å². The van der Waals surface area contributed by atoms with Gasteiger partial charge in [0.1, 0.15) is 12.6 Å². The molecule has 1 aliphatic heterocycles. The Kier molecular flexibility index (Phi) is 12.8. The third-order valence-corrected chi connectivity index (χ3v) is 10.8. The second-order valence-electron chi connectivity index (χ2n) is 12.4. The number of aryl methyl sites for hydroxylation is 1. The van der Waals surface area contributed by atoms with Gasteiger partial charge in [-0.1, -0.05) is 61.5 Å². The Balaban J connectivity index is 1.56. The van der Waals surface area contributed by atoms with Crippen LogP contribution in [0.3, 0.4) is 0 Å². The van der Waals surface area contributed by atoms with Crippen LogP contribution in [0.15, 0.2) is 70.0 Å². The van der Waals surface area contributed by atoms with Crippen LogP contribution < -0.4 is 5.32 Å². The lowest BCUT2D eigenvalue weighted by molar-refractivity contribution is -0.128. The van der Waals surface area contributed by atoms with Crippen LogP contribution >= 0.6 is 11.3 Å². The van der Waals surface area contributed by atoms with Crippen LogP contribution in [0.5, 0.6) is 0 Å². The average molecular weight is 701 g/mol. The lowest BCUT2D eigenvalue weighted by Gasteiger charge is -2.34. The van der Waals surface area contributed by atoms with Crippen LogP contribution in [0.25, 0.3) is 0 Å². The number of amides is 3. The molecule has 48 heavy (non-hydrogen) atoms. The summed E-state index contributed by atoms with van der Waals surface area (Å²) in [5.74, 6) is -0.733. The maximum Gasteiger partial charge on any atom is 0.321 e. The maximum absolute atomic E-state index is 14.0. The van der Waals surface area contributed by atoms with Gasteiger partial charge in [-0.2, -0.15) is 9.21 Å².